The fraction of sp³-hybridized carbons (Fsp3) is 0.941. The molecule has 2 aliphatic rings. The number of nitrogens with one attached hydrogen (secondary N) is 1. The van der Waals surface area contributed by atoms with E-state index in [1.54, 1.807) is 0 Å². The van der Waals surface area contributed by atoms with Gasteiger partial charge in [0.2, 0.25) is 0 Å². The molecule has 122 valence electrons. The van der Waals surface area contributed by atoms with Crippen LogP contribution in [0.5, 0.6) is 0 Å². The summed E-state index contributed by atoms with van der Waals surface area (Å²) in [5, 5.41) is 3.49. The smallest absolute Gasteiger partial charge is 0.326 e. The molecule has 0 radical (unpaired) electrons. The van der Waals surface area contributed by atoms with E-state index in [0.717, 1.165) is 32.2 Å². The Labute approximate surface area is 129 Å². The van der Waals surface area contributed by atoms with Crippen LogP contribution in [0.1, 0.15) is 59.3 Å². The number of hydrogen-bond donors (Lipinski definition) is 1. The van der Waals surface area contributed by atoms with Crippen molar-refractivity contribution in [2.45, 2.75) is 76.9 Å². The SMILES string of the molecule is CCCNC1(C(=O)OC)CCC(N2CCCC2C(C)C)C1. The fourth-order valence-corrected chi connectivity index (χ4v) is 4.26. The Hall–Kier alpha value is -0.610. The standard InChI is InChI=1S/C17H32N2O2/c1-5-10-18-17(16(20)21-4)9-8-14(12-17)19-11-6-7-15(19)13(2)3/h13-15,18H,5-12H2,1-4H3. The van der Waals surface area contributed by atoms with Crippen LogP contribution < -0.4 is 5.32 Å². The molecule has 0 bridgehead atoms. The summed E-state index contributed by atoms with van der Waals surface area (Å²) < 4.78 is 5.10. The van der Waals surface area contributed by atoms with E-state index in [-0.39, 0.29) is 5.97 Å². The molecule has 3 unspecified atom stereocenters. The highest BCUT2D eigenvalue weighted by Gasteiger charge is 2.49. The lowest BCUT2D eigenvalue weighted by molar-refractivity contribution is -0.148. The Morgan fingerprint density at radius 1 is 1.43 bits per heavy atom. The zero-order chi connectivity index (χ0) is 15.5. The topological polar surface area (TPSA) is 41.6 Å². The Bertz CT molecular complexity index is 359. The van der Waals surface area contributed by atoms with Gasteiger partial charge in [0, 0.05) is 12.1 Å². The minimum absolute atomic E-state index is 0.0706. The van der Waals surface area contributed by atoms with Crippen molar-refractivity contribution >= 4 is 5.97 Å². The van der Waals surface area contributed by atoms with E-state index in [0.29, 0.717) is 18.0 Å². The lowest BCUT2D eigenvalue weighted by Crippen LogP contribution is -2.52. The number of rotatable bonds is 6. The molecule has 1 aliphatic carbocycles. The van der Waals surface area contributed by atoms with Gasteiger partial charge in [-0.1, -0.05) is 20.8 Å². The van der Waals surface area contributed by atoms with E-state index < -0.39 is 5.54 Å². The number of methoxy groups -OCH3 is 1. The first-order valence-corrected chi connectivity index (χ1v) is 8.63. The van der Waals surface area contributed by atoms with Gasteiger partial charge in [-0.2, -0.15) is 0 Å². The van der Waals surface area contributed by atoms with Crippen LogP contribution in [-0.2, 0) is 9.53 Å². The highest BCUT2D eigenvalue weighted by atomic mass is 16.5. The summed E-state index contributed by atoms with van der Waals surface area (Å²) in [7, 11) is 1.51. The Balaban J connectivity index is 2.07. The number of carbonyl (C=O) groups excluding carboxylic acids is 1. The number of esters is 1. The average Bonchev–Trinajstić information content (AvgIpc) is 3.11. The molecule has 1 heterocycles. The van der Waals surface area contributed by atoms with Crippen LogP contribution in [0.3, 0.4) is 0 Å². The predicted octanol–water partition coefficient (Wildman–Crippen LogP) is 2.57. The van der Waals surface area contributed by atoms with E-state index in [4.69, 9.17) is 4.74 Å². The number of carbonyl (C=O) groups is 1. The van der Waals surface area contributed by atoms with Gasteiger partial charge < -0.3 is 10.1 Å². The Morgan fingerprint density at radius 2 is 2.19 bits per heavy atom. The second-order valence-corrected chi connectivity index (χ2v) is 7.09. The minimum atomic E-state index is -0.445. The summed E-state index contributed by atoms with van der Waals surface area (Å²) in [4.78, 5) is 15.0. The van der Waals surface area contributed by atoms with Crippen LogP contribution in [-0.4, -0.2) is 48.7 Å². The molecule has 1 saturated heterocycles. The predicted molar refractivity (Wildman–Crippen MR) is 85.2 cm³/mol. The Morgan fingerprint density at radius 3 is 2.81 bits per heavy atom. The lowest BCUT2D eigenvalue weighted by Gasteiger charge is -2.34. The van der Waals surface area contributed by atoms with Crippen molar-refractivity contribution in [3.8, 4) is 0 Å². The first-order chi connectivity index (χ1) is 10.0. The molecule has 2 rings (SSSR count). The van der Waals surface area contributed by atoms with Gasteiger partial charge in [-0.05, 0) is 57.5 Å². The molecule has 4 nitrogen and oxygen atoms in total. The molecule has 0 amide bonds. The molecule has 1 saturated carbocycles. The molecule has 4 heteroatoms. The summed E-state index contributed by atoms with van der Waals surface area (Å²) in [6.45, 7) is 8.86. The first-order valence-electron chi connectivity index (χ1n) is 8.63. The maximum atomic E-state index is 12.3. The summed E-state index contributed by atoms with van der Waals surface area (Å²) in [5.41, 5.74) is -0.445. The van der Waals surface area contributed by atoms with Crippen molar-refractivity contribution in [2.24, 2.45) is 5.92 Å². The minimum Gasteiger partial charge on any atom is -0.468 e. The zero-order valence-electron chi connectivity index (χ0n) is 14.2. The van der Waals surface area contributed by atoms with Gasteiger partial charge in [-0.25, -0.2) is 0 Å². The van der Waals surface area contributed by atoms with Crippen LogP contribution in [0, 0.1) is 5.92 Å². The maximum absolute atomic E-state index is 12.3. The Kier molecular flexibility index (Phi) is 5.67. The molecule has 0 aromatic rings. The second-order valence-electron chi connectivity index (χ2n) is 7.09. The van der Waals surface area contributed by atoms with Gasteiger partial charge in [-0.15, -0.1) is 0 Å². The number of likely N-dealkylation sites (tertiary alicyclic amines) is 1. The molecule has 1 N–H and O–H groups in total. The zero-order valence-corrected chi connectivity index (χ0v) is 14.2. The normalized spacial score (nSPS) is 33.8. The van der Waals surface area contributed by atoms with Crippen molar-refractivity contribution < 1.29 is 9.53 Å². The van der Waals surface area contributed by atoms with Crippen LogP contribution in [0.4, 0.5) is 0 Å². The fourth-order valence-electron chi connectivity index (χ4n) is 4.26. The van der Waals surface area contributed by atoms with E-state index in [9.17, 15) is 4.79 Å². The quantitative estimate of drug-likeness (QED) is 0.765. The first kappa shape index (κ1) is 16.8. The highest BCUT2D eigenvalue weighted by Crippen LogP contribution is 2.38. The summed E-state index contributed by atoms with van der Waals surface area (Å²) in [6.07, 6.45) is 6.57. The highest BCUT2D eigenvalue weighted by molar-refractivity contribution is 5.81. The van der Waals surface area contributed by atoms with Gasteiger partial charge in [0.25, 0.3) is 0 Å². The largest absolute Gasteiger partial charge is 0.468 e. The third kappa shape index (κ3) is 3.42. The van der Waals surface area contributed by atoms with Crippen LogP contribution in [0.25, 0.3) is 0 Å². The monoisotopic (exact) mass is 296 g/mol. The number of ether oxygens (including phenoxy) is 1. The van der Waals surface area contributed by atoms with Gasteiger partial charge >= 0.3 is 5.97 Å². The third-order valence-electron chi connectivity index (χ3n) is 5.36. The maximum Gasteiger partial charge on any atom is 0.326 e. The van der Waals surface area contributed by atoms with Crippen LogP contribution in [0.15, 0.2) is 0 Å². The van der Waals surface area contributed by atoms with Crippen molar-refractivity contribution in [1.29, 1.82) is 0 Å². The molecule has 3 atom stereocenters. The summed E-state index contributed by atoms with van der Waals surface area (Å²) in [5.74, 6) is 0.628. The molecule has 0 aromatic carbocycles. The third-order valence-corrected chi connectivity index (χ3v) is 5.36. The van der Waals surface area contributed by atoms with Crippen molar-refractivity contribution in [1.82, 2.24) is 10.2 Å². The van der Waals surface area contributed by atoms with E-state index in [1.807, 2.05) is 0 Å². The second kappa shape index (κ2) is 7.10. The van der Waals surface area contributed by atoms with E-state index in [1.165, 1.54) is 26.5 Å². The van der Waals surface area contributed by atoms with Gasteiger partial charge in [0.1, 0.15) is 5.54 Å². The van der Waals surface area contributed by atoms with Crippen molar-refractivity contribution in [3.05, 3.63) is 0 Å². The van der Waals surface area contributed by atoms with Gasteiger partial charge in [0.05, 0.1) is 7.11 Å². The van der Waals surface area contributed by atoms with Crippen LogP contribution >= 0.6 is 0 Å². The molecule has 0 spiro atoms. The molecule has 21 heavy (non-hydrogen) atoms. The van der Waals surface area contributed by atoms with Gasteiger partial charge in [-0.3, -0.25) is 9.69 Å². The lowest BCUT2D eigenvalue weighted by atomic mass is 9.96. The molecular formula is C17H32N2O2. The van der Waals surface area contributed by atoms with Crippen molar-refractivity contribution in [3.63, 3.8) is 0 Å². The van der Waals surface area contributed by atoms with E-state index in [2.05, 4.69) is 31.0 Å². The average molecular weight is 296 g/mol. The number of nitrogens with zero attached hydrogens (tertiary/aromatic N) is 1. The van der Waals surface area contributed by atoms with Crippen LogP contribution in [0.2, 0.25) is 0 Å². The van der Waals surface area contributed by atoms with E-state index >= 15 is 0 Å². The summed E-state index contributed by atoms with van der Waals surface area (Å²) in [6, 6.07) is 1.22. The molecular weight excluding hydrogens is 264 g/mol. The number of hydrogen-bond acceptors (Lipinski definition) is 4. The molecule has 2 fully saturated rings. The summed E-state index contributed by atoms with van der Waals surface area (Å²) >= 11 is 0. The molecule has 1 aliphatic heterocycles. The van der Waals surface area contributed by atoms with Crippen molar-refractivity contribution in [2.75, 3.05) is 20.2 Å². The van der Waals surface area contributed by atoms with Gasteiger partial charge in [0.15, 0.2) is 0 Å². The molecule has 0 aromatic heterocycles.